The summed E-state index contributed by atoms with van der Waals surface area (Å²) in [6.45, 7) is -0.466. The monoisotopic (exact) mass is 446 g/mol. The van der Waals surface area contributed by atoms with E-state index >= 15 is 0 Å². The maximum Gasteiger partial charge on any atom is 0.416 e. The summed E-state index contributed by atoms with van der Waals surface area (Å²) in [7, 11) is 0. The van der Waals surface area contributed by atoms with Crippen molar-refractivity contribution in [1.82, 2.24) is 19.5 Å². The van der Waals surface area contributed by atoms with Crippen LogP contribution in [0.1, 0.15) is 18.2 Å². The Kier molecular flexibility index (Phi) is 4.97. The number of aromatic amines is 2. The quantitative estimate of drug-likeness (QED) is 0.480. The van der Waals surface area contributed by atoms with Crippen LogP contribution >= 0.6 is 11.6 Å². The highest BCUT2D eigenvalue weighted by molar-refractivity contribution is 6.35. The van der Waals surface area contributed by atoms with E-state index < -0.39 is 48.0 Å². The minimum absolute atomic E-state index is 0.0164. The largest absolute Gasteiger partial charge is 0.416 e. The Morgan fingerprint density at radius 2 is 2.03 bits per heavy atom. The second-order valence-electron chi connectivity index (χ2n) is 6.76. The number of halogens is 4. The highest BCUT2D eigenvalue weighted by Crippen LogP contribution is 2.35. The van der Waals surface area contributed by atoms with Gasteiger partial charge in [-0.1, -0.05) is 11.6 Å². The van der Waals surface area contributed by atoms with Crippen molar-refractivity contribution in [2.24, 2.45) is 0 Å². The number of H-pyrrole nitrogens is 2. The number of aliphatic hydroxyl groups excluding tert-OH is 2. The number of aliphatic hydroxyl groups is 2. The molecule has 3 atom stereocenters. The Bertz CT molecular complexity index is 1230. The molecule has 0 radical (unpaired) electrons. The molecular weight excluding hydrogens is 433 g/mol. The molecule has 2 aromatic heterocycles. The Hall–Kier alpha value is -2.67. The van der Waals surface area contributed by atoms with Crippen LogP contribution in [0.15, 0.2) is 27.9 Å². The molecule has 9 nitrogen and oxygen atoms in total. The van der Waals surface area contributed by atoms with Crippen molar-refractivity contribution >= 4 is 22.6 Å². The van der Waals surface area contributed by atoms with Crippen LogP contribution in [0, 0.1) is 0 Å². The van der Waals surface area contributed by atoms with Gasteiger partial charge in [0.15, 0.2) is 0 Å². The number of benzene rings is 1. The second kappa shape index (κ2) is 7.23. The molecule has 3 heterocycles. The van der Waals surface area contributed by atoms with Crippen molar-refractivity contribution in [3.8, 4) is 11.4 Å². The Morgan fingerprint density at radius 3 is 2.67 bits per heavy atom. The van der Waals surface area contributed by atoms with Crippen LogP contribution in [0.25, 0.3) is 22.4 Å². The predicted octanol–water partition coefficient (Wildman–Crippen LogP) is 1.39. The number of nitrogens with zero attached hydrogens (tertiary/aromatic N) is 2. The van der Waals surface area contributed by atoms with Crippen molar-refractivity contribution in [2.75, 3.05) is 6.61 Å². The highest BCUT2D eigenvalue weighted by atomic mass is 35.5. The summed E-state index contributed by atoms with van der Waals surface area (Å²) in [4.78, 5) is 33.3. The van der Waals surface area contributed by atoms with E-state index in [0.29, 0.717) is 0 Å². The van der Waals surface area contributed by atoms with E-state index in [0.717, 1.165) is 22.9 Å². The van der Waals surface area contributed by atoms with Gasteiger partial charge >= 0.3 is 11.9 Å². The lowest BCUT2D eigenvalue weighted by atomic mass is 10.2. The topological polar surface area (TPSA) is 133 Å². The van der Waals surface area contributed by atoms with Gasteiger partial charge in [0.1, 0.15) is 23.7 Å². The van der Waals surface area contributed by atoms with Gasteiger partial charge in [-0.25, -0.2) is 9.78 Å². The first-order valence-electron chi connectivity index (χ1n) is 8.65. The van der Waals surface area contributed by atoms with Crippen LogP contribution in [0.4, 0.5) is 13.2 Å². The summed E-state index contributed by atoms with van der Waals surface area (Å²) in [5.74, 6) is -0.113. The first-order valence-corrected chi connectivity index (χ1v) is 9.03. The first-order chi connectivity index (χ1) is 14.1. The smallest absolute Gasteiger partial charge is 0.394 e. The van der Waals surface area contributed by atoms with Crippen molar-refractivity contribution < 1.29 is 28.1 Å². The number of imidazole rings is 1. The van der Waals surface area contributed by atoms with E-state index in [9.17, 15) is 33.0 Å². The molecule has 1 aliphatic rings. The molecule has 0 spiro atoms. The molecule has 30 heavy (non-hydrogen) atoms. The summed E-state index contributed by atoms with van der Waals surface area (Å²) < 4.78 is 45.5. The molecule has 0 aliphatic carbocycles. The van der Waals surface area contributed by atoms with Crippen molar-refractivity contribution in [2.45, 2.75) is 31.0 Å². The van der Waals surface area contributed by atoms with Crippen LogP contribution in [-0.2, 0) is 10.9 Å². The van der Waals surface area contributed by atoms with Crippen LogP contribution < -0.4 is 11.2 Å². The van der Waals surface area contributed by atoms with Gasteiger partial charge in [-0.3, -0.25) is 14.3 Å². The Labute approximate surface area is 169 Å². The zero-order chi connectivity index (χ0) is 21.8. The summed E-state index contributed by atoms with van der Waals surface area (Å²) in [6, 6.07) is 1.53. The molecular formula is C17H14ClF3N4O5. The van der Waals surface area contributed by atoms with E-state index in [1.165, 1.54) is 0 Å². The third-order valence-corrected chi connectivity index (χ3v) is 5.07. The normalized spacial score (nSPS) is 22.1. The van der Waals surface area contributed by atoms with Crippen molar-refractivity contribution in [3.63, 3.8) is 0 Å². The molecule has 4 rings (SSSR count). The maximum atomic E-state index is 13.0. The van der Waals surface area contributed by atoms with Gasteiger partial charge in [-0.05, 0) is 12.1 Å². The van der Waals surface area contributed by atoms with E-state index in [4.69, 9.17) is 16.3 Å². The third kappa shape index (κ3) is 3.51. The van der Waals surface area contributed by atoms with Crippen LogP contribution in [-0.4, -0.2) is 48.5 Å². The van der Waals surface area contributed by atoms with E-state index in [2.05, 4.69) is 15.0 Å². The van der Waals surface area contributed by atoms with Crippen LogP contribution in [0.5, 0.6) is 0 Å². The fourth-order valence-electron chi connectivity index (χ4n) is 3.28. The minimum atomic E-state index is -4.63. The number of ether oxygens (including phenoxy) is 1. The van der Waals surface area contributed by atoms with E-state index in [-0.39, 0.29) is 33.9 Å². The van der Waals surface area contributed by atoms with Gasteiger partial charge in [0.25, 0.3) is 5.56 Å². The van der Waals surface area contributed by atoms with E-state index in [1.54, 1.807) is 0 Å². The number of alkyl halides is 3. The molecule has 0 bridgehead atoms. The van der Waals surface area contributed by atoms with Gasteiger partial charge in [-0.15, -0.1) is 0 Å². The standard InChI is InChI=1S/C17H14ClF3N4O5/c18-8-1-6(17(19,20)21)2-9-13(8)23-14(22-9)7-4-25(16(29)24-15(7)28)12-3-10(27)11(5-26)30-12/h1-2,4,10-12,26-27H,3,5H2,(H,22,23)(H,24,28,29)/t10-,11+,12+/m0/s1. The fourth-order valence-corrected chi connectivity index (χ4v) is 3.55. The first kappa shape index (κ1) is 20.6. The molecule has 3 aromatic rings. The molecule has 1 aliphatic heterocycles. The molecule has 1 aromatic carbocycles. The van der Waals surface area contributed by atoms with E-state index in [1.807, 2.05) is 0 Å². The van der Waals surface area contributed by atoms with Gasteiger partial charge in [0.2, 0.25) is 0 Å². The van der Waals surface area contributed by atoms with Crippen molar-refractivity contribution in [1.29, 1.82) is 0 Å². The molecule has 0 saturated carbocycles. The minimum Gasteiger partial charge on any atom is -0.394 e. The Morgan fingerprint density at radius 1 is 1.30 bits per heavy atom. The zero-order valence-corrected chi connectivity index (χ0v) is 15.7. The zero-order valence-electron chi connectivity index (χ0n) is 14.9. The predicted molar refractivity (Wildman–Crippen MR) is 98.0 cm³/mol. The molecule has 160 valence electrons. The lowest BCUT2D eigenvalue weighted by molar-refractivity contribution is -0.137. The average Bonchev–Trinajstić information content (AvgIpc) is 3.24. The van der Waals surface area contributed by atoms with Gasteiger partial charge in [0.05, 0.1) is 34.4 Å². The molecule has 1 saturated heterocycles. The van der Waals surface area contributed by atoms with Crippen molar-refractivity contribution in [3.05, 3.63) is 49.8 Å². The number of hydrogen-bond donors (Lipinski definition) is 4. The lowest BCUT2D eigenvalue weighted by Crippen LogP contribution is -2.33. The summed E-state index contributed by atoms with van der Waals surface area (Å²) >= 11 is 5.92. The third-order valence-electron chi connectivity index (χ3n) is 4.78. The highest BCUT2D eigenvalue weighted by Gasteiger charge is 2.35. The van der Waals surface area contributed by atoms with Crippen LogP contribution in [0.2, 0.25) is 5.02 Å². The molecule has 13 heteroatoms. The lowest BCUT2D eigenvalue weighted by Gasteiger charge is -2.14. The summed E-state index contributed by atoms with van der Waals surface area (Å²) in [5, 5.41) is 18.8. The molecule has 0 unspecified atom stereocenters. The summed E-state index contributed by atoms with van der Waals surface area (Å²) in [6.07, 6.45) is -6.41. The van der Waals surface area contributed by atoms with Crippen LogP contribution in [0.3, 0.4) is 0 Å². The number of rotatable bonds is 3. The van der Waals surface area contributed by atoms with Gasteiger partial charge < -0.3 is 19.9 Å². The number of nitrogens with one attached hydrogen (secondary N) is 2. The number of fused-ring (bicyclic) bond motifs is 1. The SMILES string of the molecule is O=c1[nH]c(=O)n([C@H]2C[C@H](O)[C@@H](CO)O2)cc1-c1nc2c(Cl)cc(C(F)(F)F)cc2[nH]1. The molecule has 4 N–H and O–H groups in total. The van der Waals surface area contributed by atoms with Gasteiger partial charge in [-0.2, -0.15) is 13.2 Å². The molecule has 1 fully saturated rings. The fraction of sp³-hybridized carbons (Fsp3) is 0.353. The summed E-state index contributed by atoms with van der Waals surface area (Å²) in [5.41, 5.74) is -2.83. The number of hydrogen-bond acceptors (Lipinski definition) is 6. The Balaban J connectivity index is 1.81. The second-order valence-corrected chi connectivity index (χ2v) is 7.17. The maximum absolute atomic E-state index is 13.0. The average molecular weight is 447 g/mol. The number of aromatic nitrogens is 4. The molecule has 0 amide bonds. The van der Waals surface area contributed by atoms with Gasteiger partial charge in [0, 0.05) is 12.6 Å².